The van der Waals surface area contributed by atoms with Crippen LogP contribution < -0.4 is 0 Å². The third-order valence-electron chi connectivity index (χ3n) is 2.46. The first-order valence-electron chi connectivity index (χ1n) is 5.91. The van der Waals surface area contributed by atoms with E-state index in [-0.39, 0.29) is 11.4 Å². The molecule has 0 aliphatic heterocycles. The maximum atomic E-state index is 11.7. The minimum Gasteiger partial charge on any atom is -0.436 e. The lowest BCUT2D eigenvalue weighted by molar-refractivity contribution is -0.189. The molecule has 0 saturated carbocycles. The fraction of sp³-hybridized carbons (Fsp3) is 0.923. The summed E-state index contributed by atoms with van der Waals surface area (Å²) in [6.07, 6.45) is 0.287. The molecule has 3 nitrogen and oxygen atoms in total. The van der Waals surface area contributed by atoms with Gasteiger partial charge in [-0.15, -0.1) is 0 Å². The van der Waals surface area contributed by atoms with E-state index in [9.17, 15) is 4.79 Å². The molecule has 0 N–H and O–H groups in total. The summed E-state index contributed by atoms with van der Waals surface area (Å²) in [4.78, 5) is 11.7. The summed E-state index contributed by atoms with van der Waals surface area (Å²) in [5, 5.41) is 0. The van der Waals surface area contributed by atoms with Crippen molar-refractivity contribution in [2.75, 3.05) is 6.61 Å². The summed E-state index contributed by atoms with van der Waals surface area (Å²) in [6, 6.07) is 0. The van der Waals surface area contributed by atoms with E-state index in [2.05, 4.69) is 20.8 Å². The largest absolute Gasteiger partial charge is 0.436 e. The Morgan fingerprint density at radius 2 is 1.69 bits per heavy atom. The van der Waals surface area contributed by atoms with E-state index >= 15 is 0 Å². The van der Waals surface area contributed by atoms with Crippen molar-refractivity contribution in [3.8, 4) is 0 Å². The Balaban J connectivity index is 4.06. The summed E-state index contributed by atoms with van der Waals surface area (Å²) in [5.41, 5.74) is -0.347. The summed E-state index contributed by atoms with van der Waals surface area (Å²) in [5.74, 6) is -0.198. The first kappa shape index (κ1) is 15.4. The molecule has 0 rings (SSSR count). The normalized spacial score (nSPS) is 14.7. The second kappa shape index (κ2) is 5.67. The van der Waals surface area contributed by atoms with Crippen LogP contribution in [0, 0.1) is 10.8 Å². The molecule has 0 saturated heterocycles. The highest BCUT2D eigenvalue weighted by molar-refractivity contribution is 5.75. The standard InChI is InChI=1S/C13H26O3/c1-8-13(6,7)11(14)16-10(2)15-9-12(3,4)5/h10H,8-9H2,1-7H3. The van der Waals surface area contributed by atoms with Crippen molar-refractivity contribution in [3.63, 3.8) is 0 Å². The molecule has 0 radical (unpaired) electrons. The molecule has 96 valence electrons. The summed E-state index contributed by atoms with van der Waals surface area (Å²) in [7, 11) is 0. The van der Waals surface area contributed by atoms with E-state index in [0.717, 1.165) is 6.42 Å². The molecule has 0 aliphatic rings. The molecular formula is C13H26O3. The van der Waals surface area contributed by atoms with E-state index < -0.39 is 11.7 Å². The third-order valence-corrected chi connectivity index (χ3v) is 2.46. The van der Waals surface area contributed by atoms with Gasteiger partial charge in [0.1, 0.15) is 0 Å². The lowest BCUT2D eigenvalue weighted by Gasteiger charge is -2.25. The van der Waals surface area contributed by atoms with Crippen molar-refractivity contribution in [2.45, 2.75) is 61.2 Å². The van der Waals surface area contributed by atoms with Crippen molar-refractivity contribution in [1.29, 1.82) is 0 Å². The summed E-state index contributed by atoms with van der Waals surface area (Å²) < 4.78 is 10.7. The number of carbonyl (C=O) groups is 1. The number of ether oxygens (including phenoxy) is 2. The number of esters is 1. The molecule has 16 heavy (non-hydrogen) atoms. The number of carbonyl (C=O) groups excluding carboxylic acids is 1. The molecule has 0 spiro atoms. The molecule has 0 bridgehead atoms. The van der Waals surface area contributed by atoms with Crippen LogP contribution in [0.4, 0.5) is 0 Å². The Morgan fingerprint density at radius 3 is 2.06 bits per heavy atom. The zero-order valence-electron chi connectivity index (χ0n) is 11.7. The van der Waals surface area contributed by atoms with Crippen molar-refractivity contribution < 1.29 is 14.3 Å². The zero-order valence-corrected chi connectivity index (χ0v) is 11.7. The van der Waals surface area contributed by atoms with Gasteiger partial charge >= 0.3 is 5.97 Å². The first-order chi connectivity index (χ1) is 7.08. The molecule has 0 amide bonds. The molecular weight excluding hydrogens is 204 g/mol. The Bertz CT molecular complexity index is 226. The van der Waals surface area contributed by atoms with Gasteiger partial charge in [0.2, 0.25) is 0 Å². The Kier molecular flexibility index (Phi) is 5.47. The van der Waals surface area contributed by atoms with Gasteiger partial charge < -0.3 is 9.47 Å². The van der Waals surface area contributed by atoms with Crippen LogP contribution in [-0.2, 0) is 14.3 Å². The molecule has 1 atom stereocenters. The summed E-state index contributed by atoms with van der Waals surface area (Å²) in [6.45, 7) is 14.3. The average molecular weight is 230 g/mol. The van der Waals surface area contributed by atoms with Gasteiger partial charge in [0.05, 0.1) is 12.0 Å². The summed E-state index contributed by atoms with van der Waals surface area (Å²) >= 11 is 0. The highest BCUT2D eigenvalue weighted by Gasteiger charge is 2.29. The van der Waals surface area contributed by atoms with Crippen molar-refractivity contribution in [3.05, 3.63) is 0 Å². The van der Waals surface area contributed by atoms with Gasteiger partial charge in [-0.2, -0.15) is 0 Å². The second-order valence-corrected chi connectivity index (χ2v) is 6.08. The number of hydrogen-bond acceptors (Lipinski definition) is 3. The Morgan fingerprint density at radius 1 is 1.19 bits per heavy atom. The van der Waals surface area contributed by atoms with E-state index in [0.29, 0.717) is 6.61 Å². The van der Waals surface area contributed by atoms with Gasteiger partial charge in [-0.25, -0.2) is 0 Å². The monoisotopic (exact) mass is 230 g/mol. The van der Waals surface area contributed by atoms with Gasteiger partial charge in [0.25, 0.3) is 0 Å². The van der Waals surface area contributed by atoms with Crippen LogP contribution in [0.5, 0.6) is 0 Å². The molecule has 0 heterocycles. The minimum absolute atomic E-state index is 0.0843. The highest BCUT2D eigenvalue weighted by atomic mass is 16.7. The molecule has 0 aromatic heterocycles. The van der Waals surface area contributed by atoms with Crippen LogP contribution in [0.3, 0.4) is 0 Å². The molecule has 0 aromatic rings. The molecule has 0 aliphatic carbocycles. The first-order valence-corrected chi connectivity index (χ1v) is 5.91. The zero-order chi connectivity index (χ0) is 13.0. The van der Waals surface area contributed by atoms with Crippen molar-refractivity contribution in [2.24, 2.45) is 10.8 Å². The molecule has 0 aromatic carbocycles. The third kappa shape index (κ3) is 6.11. The van der Waals surface area contributed by atoms with Crippen molar-refractivity contribution in [1.82, 2.24) is 0 Å². The molecule has 3 heteroatoms. The van der Waals surface area contributed by atoms with Gasteiger partial charge in [-0.05, 0) is 32.6 Å². The number of hydrogen-bond donors (Lipinski definition) is 0. The van der Waals surface area contributed by atoms with Crippen LogP contribution in [0.25, 0.3) is 0 Å². The predicted molar refractivity (Wildman–Crippen MR) is 65.0 cm³/mol. The maximum Gasteiger partial charge on any atom is 0.313 e. The van der Waals surface area contributed by atoms with Crippen LogP contribution in [0.1, 0.15) is 54.9 Å². The Labute approximate surface area is 99.5 Å². The minimum atomic E-state index is -0.474. The second-order valence-electron chi connectivity index (χ2n) is 6.08. The van der Waals surface area contributed by atoms with E-state index in [1.165, 1.54) is 0 Å². The molecule has 0 fully saturated rings. The lowest BCUT2D eigenvalue weighted by Crippen LogP contribution is -2.31. The van der Waals surface area contributed by atoms with Crippen LogP contribution in [-0.4, -0.2) is 18.9 Å². The van der Waals surface area contributed by atoms with E-state index in [4.69, 9.17) is 9.47 Å². The van der Waals surface area contributed by atoms with Crippen molar-refractivity contribution >= 4 is 5.97 Å². The lowest BCUT2D eigenvalue weighted by atomic mass is 9.91. The smallest absolute Gasteiger partial charge is 0.313 e. The average Bonchev–Trinajstić information content (AvgIpc) is 2.13. The maximum absolute atomic E-state index is 11.7. The quantitative estimate of drug-likeness (QED) is 0.536. The van der Waals surface area contributed by atoms with E-state index in [1.807, 2.05) is 20.8 Å². The Hall–Kier alpha value is -0.570. The SMILES string of the molecule is CCC(C)(C)C(=O)OC(C)OCC(C)(C)C. The van der Waals surface area contributed by atoms with Gasteiger partial charge in [-0.3, -0.25) is 4.79 Å². The van der Waals surface area contributed by atoms with Crippen LogP contribution in [0.2, 0.25) is 0 Å². The van der Waals surface area contributed by atoms with Gasteiger partial charge in [-0.1, -0.05) is 27.7 Å². The topological polar surface area (TPSA) is 35.5 Å². The fourth-order valence-corrected chi connectivity index (χ4v) is 0.856. The van der Waals surface area contributed by atoms with E-state index in [1.54, 1.807) is 6.92 Å². The van der Waals surface area contributed by atoms with Gasteiger partial charge in [0.15, 0.2) is 6.29 Å². The highest BCUT2D eigenvalue weighted by Crippen LogP contribution is 2.23. The molecule has 1 unspecified atom stereocenters. The van der Waals surface area contributed by atoms with Crippen LogP contribution in [0.15, 0.2) is 0 Å². The fourth-order valence-electron chi connectivity index (χ4n) is 0.856. The number of rotatable bonds is 5. The van der Waals surface area contributed by atoms with Crippen LogP contribution >= 0.6 is 0 Å². The van der Waals surface area contributed by atoms with Gasteiger partial charge in [0, 0.05) is 0 Å². The predicted octanol–water partition coefficient (Wildman–Crippen LogP) is 3.37.